The molecular weight excluding hydrogens is 403 g/mol. The minimum absolute atomic E-state index is 0.107. The SMILES string of the molecule is COc1cc(OC)c2c(Nc3cc(S(N)(=O)=O)c(CF)cc3OC)ncnc2c1. The van der Waals surface area contributed by atoms with Gasteiger partial charge in [-0.1, -0.05) is 0 Å². The zero-order chi connectivity index (χ0) is 21.2. The summed E-state index contributed by atoms with van der Waals surface area (Å²) in [5.74, 6) is 1.51. The van der Waals surface area contributed by atoms with Crippen molar-refractivity contribution in [3.05, 3.63) is 36.2 Å². The zero-order valence-electron chi connectivity index (χ0n) is 15.9. The Kier molecular flexibility index (Phi) is 5.71. The Bertz CT molecular complexity index is 1170. The highest BCUT2D eigenvalue weighted by Gasteiger charge is 2.20. The number of aromatic nitrogens is 2. The van der Waals surface area contributed by atoms with E-state index >= 15 is 0 Å². The van der Waals surface area contributed by atoms with Crippen molar-refractivity contribution < 1.29 is 27.0 Å². The highest BCUT2D eigenvalue weighted by atomic mass is 32.2. The number of rotatable bonds is 7. The fourth-order valence-electron chi connectivity index (χ4n) is 2.87. The van der Waals surface area contributed by atoms with E-state index in [4.69, 9.17) is 19.3 Å². The normalized spacial score (nSPS) is 11.3. The smallest absolute Gasteiger partial charge is 0.238 e. The summed E-state index contributed by atoms with van der Waals surface area (Å²) in [5, 5.41) is 8.77. The fraction of sp³-hybridized carbons (Fsp3) is 0.222. The van der Waals surface area contributed by atoms with E-state index in [9.17, 15) is 12.8 Å². The van der Waals surface area contributed by atoms with Gasteiger partial charge in [-0.05, 0) is 12.1 Å². The average Bonchev–Trinajstić information content (AvgIpc) is 2.71. The molecule has 3 N–H and O–H groups in total. The lowest BCUT2D eigenvalue weighted by molar-refractivity contribution is 0.398. The Labute approximate surface area is 166 Å². The molecule has 0 saturated carbocycles. The molecule has 0 spiro atoms. The molecule has 154 valence electrons. The summed E-state index contributed by atoms with van der Waals surface area (Å²) in [6.45, 7) is -1.02. The zero-order valence-corrected chi connectivity index (χ0v) is 16.7. The maximum atomic E-state index is 13.3. The number of nitrogens with zero attached hydrogens (tertiary/aromatic N) is 2. The first-order valence-corrected chi connectivity index (χ1v) is 9.80. The Balaban J connectivity index is 2.21. The van der Waals surface area contributed by atoms with Crippen molar-refractivity contribution in [2.45, 2.75) is 11.6 Å². The summed E-state index contributed by atoms with van der Waals surface area (Å²) < 4.78 is 53.0. The van der Waals surface area contributed by atoms with Crippen LogP contribution in [0.3, 0.4) is 0 Å². The van der Waals surface area contributed by atoms with Gasteiger partial charge in [-0.3, -0.25) is 0 Å². The molecule has 0 radical (unpaired) electrons. The molecule has 3 rings (SSSR count). The third kappa shape index (κ3) is 4.00. The lowest BCUT2D eigenvalue weighted by Crippen LogP contribution is -2.15. The Morgan fingerprint density at radius 2 is 1.76 bits per heavy atom. The Morgan fingerprint density at radius 1 is 1.03 bits per heavy atom. The quantitative estimate of drug-likeness (QED) is 0.595. The third-order valence-corrected chi connectivity index (χ3v) is 5.21. The highest BCUT2D eigenvalue weighted by molar-refractivity contribution is 7.89. The van der Waals surface area contributed by atoms with Crippen LogP contribution < -0.4 is 24.7 Å². The van der Waals surface area contributed by atoms with E-state index in [2.05, 4.69) is 15.3 Å². The Morgan fingerprint density at radius 3 is 2.34 bits per heavy atom. The molecule has 0 aliphatic rings. The molecule has 0 atom stereocenters. The van der Waals surface area contributed by atoms with Crippen molar-refractivity contribution in [3.63, 3.8) is 0 Å². The number of primary sulfonamides is 1. The maximum absolute atomic E-state index is 13.3. The topological polar surface area (TPSA) is 126 Å². The number of alkyl halides is 1. The van der Waals surface area contributed by atoms with Gasteiger partial charge in [0.2, 0.25) is 10.0 Å². The van der Waals surface area contributed by atoms with E-state index in [0.717, 1.165) is 0 Å². The predicted octanol–water partition coefficient (Wildman–Crippen LogP) is 2.52. The molecule has 3 aromatic rings. The van der Waals surface area contributed by atoms with Gasteiger partial charge in [0.25, 0.3) is 0 Å². The molecule has 0 amide bonds. The summed E-state index contributed by atoms with van der Waals surface area (Å²) in [6, 6.07) is 5.83. The van der Waals surface area contributed by atoms with E-state index in [0.29, 0.717) is 28.2 Å². The van der Waals surface area contributed by atoms with E-state index in [-0.39, 0.29) is 21.9 Å². The van der Waals surface area contributed by atoms with Crippen LogP contribution in [0.15, 0.2) is 35.5 Å². The van der Waals surface area contributed by atoms with Crippen LogP contribution in [0.25, 0.3) is 10.9 Å². The second-order valence-electron chi connectivity index (χ2n) is 5.91. The molecule has 2 aromatic carbocycles. The number of halogens is 1. The number of fused-ring (bicyclic) bond motifs is 1. The molecule has 0 saturated heterocycles. The van der Waals surface area contributed by atoms with Crippen LogP contribution in [0.5, 0.6) is 17.2 Å². The fourth-order valence-corrected chi connectivity index (χ4v) is 3.63. The van der Waals surface area contributed by atoms with Gasteiger partial charge in [0.05, 0.1) is 42.8 Å². The van der Waals surface area contributed by atoms with Gasteiger partial charge in [-0.15, -0.1) is 0 Å². The van der Waals surface area contributed by atoms with Gasteiger partial charge in [0.15, 0.2) is 0 Å². The summed E-state index contributed by atoms with van der Waals surface area (Å²) >= 11 is 0. The molecule has 0 unspecified atom stereocenters. The predicted molar refractivity (Wildman–Crippen MR) is 105 cm³/mol. The molecular formula is C18H19FN4O5S. The number of hydrogen-bond acceptors (Lipinski definition) is 8. The molecule has 29 heavy (non-hydrogen) atoms. The molecule has 1 heterocycles. The van der Waals surface area contributed by atoms with Crippen molar-refractivity contribution >= 4 is 32.4 Å². The monoisotopic (exact) mass is 422 g/mol. The maximum Gasteiger partial charge on any atom is 0.238 e. The van der Waals surface area contributed by atoms with Crippen molar-refractivity contribution in [3.8, 4) is 17.2 Å². The van der Waals surface area contributed by atoms with Crippen LogP contribution in [0.2, 0.25) is 0 Å². The van der Waals surface area contributed by atoms with E-state index in [1.54, 1.807) is 12.1 Å². The van der Waals surface area contributed by atoms with Crippen LogP contribution in [0, 0.1) is 0 Å². The van der Waals surface area contributed by atoms with E-state index in [1.165, 1.54) is 39.8 Å². The molecule has 0 aliphatic heterocycles. The van der Waals surface area contributed by atoms with E-state index in [1.807, 2.05) is 0 Å². The molecule has 11 heteroatoms. The van der Waals surface area contributed by atoms with Crippen LogP contribution in [-0.2, 0) is 16.7 Å². The first-order valence-electron chi connectivity index (χ1n) is 8.25. The number of anilines is 2. The van der Waals surface area contributed by atoms with Gasteiger partial charge in [-0.25, -0.2) is 27.9 Å². The number of ether oxygens (including phenoxy) is 3. The van der Waals surface area contributed by atoms with Crippen LogP contribution in [0.1, 0.15) is 5.56 Å². The van der Waals surface area contributed by atoms with Crippen molar-refractivity contribution in [1.82, 2.24) is 9.97 Å². The van der Waals surface area contributed by atoms with Gasteiger partial charge in [-0.2, -0.15) is 0 Å². The minimum atomic E-state index is -4.16. The van der Waals surface area contributed by atoms with Crippen LogP contribution in [0.4, 0.5) is 15.9 Å². The first kappa shape index (κ1) is 20.6. The number of methoxy groups -OCH3 is 3. The number of hydrogen-bond donors (Lipinski definition) is 2. The third-order valence-electron chi connectivity index (χ3n) is 4.22. The lowest BCUT2D eigenvalue weighted by atomic mass is 10.1. The minimum Gasteiger partial charge on any atom is -0.497 e. The molecule has 0 aliphatic carbocycles. The number of nitrogens with one attached hydrogen (secondary N) is 1. The average molecular weight is 422 g/mol. The lowest BCUT2D eigenvalue weighted by Gasteiger charge is -2.16. The van der Waals surface area contributed by atoms with Crippen LogP contribution in [-0.4, -0.2) is 39.7 Å². The van der Waals surface area contributed by atoms with Gasteiger partial charge >= 0.3 is 0 Å². The number of benzene rings is 2. The van der Waals surface area contributed by atoms with E-state index < -0.39 is 16.7 Å². The number of sulfonamides is 1. The summed E-state index contributed by atoms with van der Waals surface area (Å²) in [7, 11) is 0.226. The molecule has 0 bridgehead atoms. The van der Waals surface area contributed by atoms with Gasteiger partial charge in [0, 0.05) is 17.7 Å². The largest absolute Gasteiger partial charge is 0.497 e. The summed E-state index contributed by atoms with van der Waals surface area (Å²) in [4.78, 5) is 8.09. The van der Waals surface area contributed by atoms with Crippen molar-refractivity contribution in [1.29, 1.82) is 0 Å². The molecule has 1 aromatic heterocycles. The summed E-state index contributed by atoms with van der Waals surface area (Å²) in [5.41, 5.74) is 0.654. The van der Waals surface area contributed by atoms with Gasteiger partial charge in [0.1, 0.15) is 36.1 Å². The Hall–Kier alpha value is -3.18. The number of nitrogens with two attached hydrogens (primary N) is 1. The molecule has 9 nitrogen and oxygen atoms in total. The first-order chi connectivity index (χ1) is 13.8. The van der Waals surface area contributed by atoms with Crippen molar-refractivity contribution in [2.24, 2.45) is 5.14 Å². The second kappa shape index (κ2) is 8.05. The van der Waals surface area contributed by atoms with Crippen molar-refractivity contribution in [2.75, 3.05) is 26.6 Å². The standard InChI is InChI=1S/C18H19FN4O5S/c1-26-11-5-13-17(15(6-11)28-3)18(22-9-21-13)23-12-7-16(29(20,24)25)10(8-19)4-14(12)27-2/h4-7,9H,8H2,1-3H3,(H2,20,24,25)(H,21,22,23). The highest BCUT2D eigenvalue weighted by Crippen LogP contribution is 2.38. The van der Waals surface area contributed by atoms with Gasteiger partial charge < -0.3 is 19.5 Å². The molecule has 0 fully saturated rings. The second-order valence-corrected chi connectivity index (χ2v) is 7.44. The van der Waals surface area contributed by atoms with Crippen LogP contribution >= 0.6 is 0 Å². The summed E-state index contributed by atoms with van der Waals surface area (Å²) in [6.07, 6.45) is 1.33.